The van der Waals surface area contributed by atoms with Crippen molar-refractivity contribution < 1.29 is 27.9 Å². The summed E-state index contributed by atoms with van der Waals surface area (Å²) in [5.74, 6) is -2.60. The normalized spacial score (nSPS) is 20.9. The standard InChI is InChI=1S/C17H15F3N2O3/c1-10-5-6-11-3-2-4-12(13(11)21-10)14(23)22-8-7-16(9-22,15(24)25)17(18,19)20/h2-6H,7-9H2,1H3,(H,24,25). The first-order valence-electron chi connectivity index (χ1n) is 7.61. The number of carbonyl (C=O) groups excluding carboxylic acids is 1. The number of fused-ring (bicyclic) bond motifs is 1. The van der Waals surface area contributed by atoms with Crippen LogP contribution in [0, 0.1) is 12.3 Å². The number of rotatable bonds is 2. The molecule has 0 radical (unpaired) electrons. The van der Waals surface area contributed by atoms with E-state index in [-0.39, 0.29) is 12.1 Å². The van der Waals surface area contributed by atoms with Gasteiger partial charge in [0.1, 0.15) is 0 Å². The molecule has 1 N–H and O–H groups in total. The van der Waals surface area contributed by atoms with Gasteiger partial charge >= 0.3 is 12.1 Å². The molecule has 1 aliphatic rings. The van der Waals surface area contributed by atoms with E-state index in [9.17, 15) is 22.8 Å². The summed E-state index contributed by atoms with van der Waals surface area (Å²) in [4.78, 5) is 29.2. The summed E-state index contributed by atoms with van der Waals surface area (Å²) in [7, 11) is 0. The van der Waals surface area contributed by atoms with Crippen LogP contribution < -0.4 is 0 Å². The first-order chi connectivity index (χ1) is 11.7. The first kappa shape index (κ1) is 17.2. The number of halogens is 3. The van der Waals surface area contributed by atoms with E-state index >= 15 is 0 Å². The van der Waals surface area contributed by atoms with E-state index in [1.54, 1.807) is 31.2 Å². The highest BCUT2D eigenvalue weighted by Crippen LogP contribution is 2.46. The summed E-state index contributed by atoms with van der Waals surface area (Å²) in [6, 6.07) is 8.41. The molecule has 1 saturated heterocycles. The van der Waals surface area contributed by atoms with Crippen molar-refractivity contribution in [3.63, 3.8) is 0 Å². The number of pyridine rings is 1. The van der Waals surface area contributed by atoms with Crippen molar-refractivity contribution in [1.29, 1.82) is 0 Å². The lowest BCUT2D eigenvalue weighted by Gasteiger charge is -2.27. The SMILES string of the molecule is Cc1ccc2cccc(C(=O)N3CCC(C(=O)O)(C(F)(F)F)C3)c2n1. The van der Waals surface area contributed by atoms with Gasteiger partial charge in [-0.15, -0.1) is 0 Å². The van der Waals surface area contributed by atoms with Gasteiger partial charge in [0.05, 0.1) is 11.1 Å². The fourth-order valence-electron chi connectivity index (χ4n) is 3.10. The summed E-state index contributed by atoms with van der Waals surface area (Å²) < 4.78 is 39.8. The van der Waals surface area contributed by atoms with Crippen molar-refractivity contribution in [1.82, 2.24) is 9.88 Å². The monoisotopic (exact) mass is 352 g/mol. The number of aryl methyl sites for hydroxylation is 1. The van der Waals surface area contributed by atoms with Gasteiger partial charge in [-0.3, -0.25) is 14.6 Å². The molecule has 1 aliphatic heterocycles. The predicted molar refractivity (Wildman–Crippen MR) is 83.1 cm³/mol. The van der Waals surface area contributed by atoms with E-state index in [0.29, 0.717) is 16.6 Å². The molecule has 1 unspecified atom stereocenters. The Labute approximate surface area is 141 Å². The number of amides is 1. The van der Waals surface area contributed by atoms with E-state index in [1.807, 2.05) is 0 Å². The van der Waals surface area contributed by atoms with E-state index in [1.165, 1.54) is 6.07 Å². The van der Waals surface area contributed by atoms with E-state index in [2.05, 4.69) is 4.98 Å². The van der Waals surface area contributed by atoms with Gasteiger partial charge in [-0.05, 0) is 25.5 Å². The third-order valence-corrected chi connectivity index (χ3v) is 4.60. The Balaban J connectivity index is 1.98. The molecule has 1 amide bonds. The van der Waals surface area contributed by atoms with Crippen LogP contribution in [-0.4, -0.2) is 46.1 Å². The van der Waals surface area contributed by atoms with Crippen molar-refractivity contribution in [3.8, 4) is 0 Å². The molecule has 8 heteroatoms. The van der Waals surface area contributed by atoms with E-state index in [4.69, 9.17) is 5.11 Å². The number of carboxylic acid groups (broad SMARTS) is 1. The molecule has 25 heavy (non-hydrogen) atoms. The Kier molecular flexibility index (Phi) is 3.93. The molecular formula is C17H15F3N2O3. The molecule has 0 aliphatic carbocycles. The van der Waals surface area contributed by atoms with Crippen LogP contribution in [0.3, 0.4) is 0 Å². The number of nitrogens with zero attached hydrogens (tertiary/aromatic N) is 2. The van der Waals surface area contributed by atoms with Crippen molar-refractivity contribution in [2.75, 3.05) is 13.1 Å². The highest BCUT2D eigenvalue weighted by Gasteiger charge is 2.64. The number of aliphatic carboxylic acids is 1. The molecule has 1 fully saturated rings. The number of alkyl halides is 3. The number of benzene rings is 1. The molecule has 2 heterocycles. The average Bonchev–Trinajstić information content (AvgIpc) is 3.00. The van der Waals surface area contributed by atoms with Gasteiger partial charge < -0.3 is 10.0 Å². The zero-order valence-corrected chi connectivity index (χ0v) is 13.3. The molecule has 1 atom stereocenters. The number of likely N-dealkylation sites (tertiary alicyclic amines) is 1. The minimum Gasteiger partial charge on any atom is -0.481 e. The van der Waals surface area contributed by atoms with Crippen LogP contribution in [0.2, 0.25) is 0 Å². The third-order valence-electron chi connectivity index (χ3n) is 4.60. The molecule has 0 bridgehead atoms. The van der Waals surface area contributed by atoms with Crippen LogP contribution in [-0.2, 0) is 4.79 Å². The molecule has 0 saturated carbocycles. The molecular weight excluding hydrogens is 337 g/mol. The number of carboxylic acids is 1. The van der Waals surface area contributed by atoms with Crippen molar-refractivity contribution in [3.05, 3.63) is 41.6 Å². The van der Waals surface area contributed by atoms with Crippen molar-refractivity contribution >= 4 is 22.8 Å². The summed E-state index contributed by atoms with van der Waals surface area (Å²) >= 11 is 0. The molecule has 132 valence electrons. The van der Waals surface area contributed by atoms with Gasteiger partial charge in [0.15, 0.2) is 5.41 Å². The Bertz CT molecular complexity index is 866. The lowest BCUT2D eigenvalue weighted by atomic mass is 9.86. The fourth-order valence-corrected chi connectivity index (χ4v) is 3.10. The first-order valence-corrected chi connectivity index (χ1v) is 7.61. The maximum absolute atomic E-state index is 13.3. The highest BCUT2D eigenvalue weighted by atomic mass is 19.4. The molecule has 1 aromatic carbocycles. The maximum atomic E-state index is 13.3. The number of para-hydroxylation sites is 1. The highest BCUT2D eigenvalue weighted by molar-refractivity contribution is 6.05. The number of hydrogen-bond acceptors (Lipinski definition) is 3. The Morgan fingerprint density at radius 2 is 1.96 bits per heavy atom. The summed E-state index contributed by atoms with van der Waals surface area (Å²) in [6.07, 6.45) is -5.59. The van der Waals surface area contributed by atoms with Gasteiger partial charge in [0.25, 0.3) is 5.91 Å². The second kappa shape index (κ2) is 5.72. The van der Waals surface area contributed by atoms with E-state index < -0.39 is 36.4 Å². The van der Waals surface area contributed by atoms with E-state index in [0.717, 1.165) is 4.90 Å². The van der Waals surface area contributed by atoms with Crippen molar-refractivity contribution in [2.45, 2.75) is 19.5 Å². The summed E-state index contributed by atoms with van der Waals surface area (Å²) in [5, 5.41) is 9.80. The summed E-state index contributed by atoms with van der Waals surface area (Å²) in [6.45, 7) is 0.579. The van der Waals surface area contributed by atoms with Gasteiger partial charge in [-0.2, -0.15) is 13.2 Å². The Morgan fingerprint density at radius 1 is 1.24 bits per heavy atom. The second-order valence-electron chi connectivity index (χ2n) is 6.19. The maximum Gasteiger partial charge on any atom is 0.406 e. The minimum absolute atomic E-state index is 0.171. The largest absolute Gasteiger partial charge is 0.481 e. The second-order valence-corrected chi connectivity index (χ2v) is 6.19. The Hall–Kier alpha value is -2.64. The zero-order chi connectivity index (χ0) is 18.4. The topological polar surface area (TPSA) is 70.5 Å². The van der Waals surface area contributed by atoms with Gasteiger partial charge in [0, 0.05) is 24.2 Å². The average molecular weight is 352 g/mol. The van der Waals surface area contributed by atoms with Crippen LogP contribution in [0.25, 0.3) is 10.9 Å². The number of hydrogen-bond donors (Lipinski definition) is 1. The third kappa shape index (κ3) is 2.71. The predicted octanol–water partition coefficient (Wildman–Crippen LogP) is 3.02. The van der Waals surface area contributed by atoms with Crippen LogP contribution in [0.1, 0.15) is 22.5 Å². The zero-order valence-electron chi connectivity index (χ0n) is 13.3. The Morgan fingerprint density at radius 3 is 2.56 bits per heavy atom. The van der Waals surface area contributed by atoms with Crippen LogP contribution in [0.15, 0.2) is 30.3 Å². The smallest absolute Gasteiger partial charge is 0.406 e. The van der Waals surface area contributed by atoms with Crippen molar-refractivity contribution in [2.24, 2.45) is 5.41 Å². The number of aromatic nitrogens is 1. The van der Waals surface area contributed by atoms with Crippen LogP contribution in [0.4, 0.5) is 13.2 Å². The summed E-state index contributed by atoms with van der Waals surface area (Å²) in [5.41, 5.74) is -1.68. The quantitative estimate of drug-likeness (QED) is 0.902. The molecule has 5 nitrogen and oxygen atoms in total. The molecule has 3 rings (SSSR count). The van der Waals surface area contributed by atoms with Gasteiger partial charge in [-0.1, -0.05) is 18.2 Å². The molecule has 2 aromatic rings. The molecule has 1 aromatic heterocycles. The lowest BCUT2D eigenvalue weighted by Crippen LogP contribution is -2.47. The number of carbonyl (C=O) groups is 2. The fraction of sp³-hybridized carbons (Fsp3) is 0.353. The van der Waals surface area contributed by atoms with Crippen LogP contribution >= 0.6 is 0 Å². The molecule has 0 spiro atoms. The van der Waals surface area contributed by atoms with Gasteiger partial charge in [0.2, 0.25) is 0 Å². The minimum atomic E-state index is -4.93. The van der Waals surface area contributed by atoms with Crippen LogP contribution in [0.5, 0.6) is 0 Å². The lowest BCUT2D eigenvalue weighted by molar-refractivity contribution is -0.227. The van der Waals surface area contributed by atoms with Gasteiger partial charge in [-0.25, -0.2) is 0 Å².